The van der Waals surface area contributed by atoms with E-state index in [4.69, 9.17) is 31.5 Å². The Labute approximate surface area is 237 Å². The van der Waals surface area contributed by atoms with Crippen molar-refractivity contribution in [3.63, 3.8) is 0 Å². The molecular formula is C30H32ClN5O4. The first kappa shape index (κ1) is 27.7. The first-order chi connectivity index (χ1) is 19.4. The number of carbonyl (C=O) groups is 1. The Morgan fingerprint density at radius 2 is 1.88 bits per heavy atom. The van der Waals surface area contributed by atoms with Crippen molar-refractivity contribution in [2.75, 3.05) is 39.5 Å². The quantitative estimate of drug-likeness (QED) is 0.180. The molecule has 5 aromatic rings. The Kier molecular flexibility index (Phi) is 8.66. The molecule has 0 fully saturated rings. The summed E-state index contributed by atoms with van der Waals surface area (Å²) in [5.41, 5.74) is 11.2. The van der Waals surface area contributed by atoms with Crippen LogP contribution < -0.4 is 15.8 Å². The number of carbonyl (C=O) groups excluding carboxylic acids is 1. The van der Waals surface area contributed by atoms with E-state index in [1.807, 2.05) is 38.4 Å². The van der Waals surface area contributed by atoms with Gasteiger partial charge in [0.15, 0.2) is 0 Å². The number of fused-ring (bicyclic) bond motifs is 2. The monoisotopic (exact) mass is 561 g/mol. The van der Waals surface area contributed by atoms with Crippen molar-refractivity contribution in [1.29, 1.82) is 0 Å². The van der Waals surface area contributed by atoms with E-state index in [0.29, 0.717) is 61.9 Å². The molecule has 4 N–H and O–H groups in total. The van der Waals surface area contributed by atoms with Gasteiger partial charge in [0.25, 0.3) is 11.9 Å². The fourth-order valence-electron chi connectivity index (χ4n) is 4.48. The molecule has 2 heterocycles. The number of aryl methyl sites for hydroxylation is 2. The van der Waals surface area contributed by atoms with E-state index in [1.165, 1.54) is 0 Å². The average molecular weight is 562 g/mol. The van der Waals surface area contributed by atoms with E-state index in [2.05, 4.69) is 44.1 Å². The number of nitrogens with two attached hydrogens (primary N) is 1. The summed E-state index contributed by atoms with van der Waals surface area (Å²) in [5.74, 6) is 0.284. The molecule has 0 aliphatic heterocycles. The summed E-state index contributed by atoms with van der Waals surface area (Å²) in [5, 5.41) is 4.63. The predicted octanol–water partition coefficient (Wildman–Crippen LogP) is 5.20. The zero-order valence-electron chi connectivity index (χ0n) is 22.5. The van der Waals surface area contributed by atoms with Gasteiger partial charge in [-0.15, -0.1) is 0 Å². The molecule has 0 radical (unpaired) electrons. The standard InChI is InChI=1S/C30H32ClN5O4/c1-19-3-5-22(16-23(19)29(37)33-9-12-39-14-13-38-11-8-32)40-30-34-26-17-24(25(31)18-27(26)35-30)20-4-6-28-21(15-20)7-10-36(28)2/h3-7,10,15-18H,8-9,11-14,32H2,1-2H3,(H,33,37)(H,34,35). The van der Waals surface area contributed by atoms with Gasteiger partial charge < -0.3 is 34.8 Å². The molecule has 0 aliphatic rings. The third-order valence-electron chi connectivity index (χ3n) is 6.58. The number of hydrogen-bond donors (Lipinski definition) is 3. The van der Waals surface area contributed by atoms with E-state index in [1.54, 1.807) is 12.1 Å². The second-order valence-corrected chi connectivity index (χ2v) is 9.85. The number of rotatable bonds is 12. The topological polar surface area (TPSA) is 116 Å². The van der Waals surface area contributed by atoms with E-state index >= 15 is 0 Å². The molecule has 40 heavy (non-hydrogen) atoms. The second kappa shape index (κ2) is 12.5. The number of halogens is 1. The van der Waals surface area contributed by atoms with Crippen LogP contribution in [0, 0.1) is 6.92 Å². The molecule has 0 spiro atoms. The summed E-state index contributed by atoms with van der Waals surface area (Å²) < 4.78 is 18.8. The largest absolute Gasteiger partial charge is 0.426 e. The lowest BCUT2D eigenvalue weighted by Gasteiger charge is -2.10. The van der Waals surface area contributed by atoms with Crippen LogP contribution in [0.25, 0.3) is 33.1 Å². The summed E-state index contributed by atoms with van der Waals surface area (Å²) in [4.78, 5) is 20.6. The minimum absolute atomic E-state index is 0.206. The number of aromatic amines is 1. The number of nitrogens with zero attached hydrogens (tertiary/aromatic N) is 2. The van der Waals surface area contributed by atoms with Crippen LogP contribution in [0.3, 0.4) is 0 Å². The fourth-order valence-corrected chi connectivity index (χ4v) is 4.76. The number of hydrogen-bond acceptors (Lipinski definition) is 6. The van der Waals surface area contributed by atoms with Gasteiger partial charge in [-0.1, -0.05) is 23.7 Å². The SMILES string of the molecule is Cc1ccc(Oc2nc3cc(-c4ccc5c(ccn5C)c4)c(Cl)cc3[nH]2)cc1C(=O)NCCOCCOCCN. The molecule has 0 aliphatic carbocycles. The molecule has 208 valence electrons. The predicted molar refractivity (Wildman–Crippen MR) is 157 cm³/mol. The van der Waals surface area contributed by atoms with E-state index in [-0.39, 0.29) is 5.91 Å². The lowest BCUT2D eigenvalue weighted by molar-refractivity contribution is 0.0511. The van der Waals surface area contributed by atoms with Crippen LogP contribution >= 0.6 is 11.6 Å². The third kappa shape index (κ3) is 6.29. The zero-order valence-corrected chi connectivity index (χ0v) is 23.3. The van der Waals surface area contributed by atoms with Crippen molar-refractivity contribution in [2.24, 2.45) is 12.8 Å². The van der Waals surface area contributed by atoms with Crippen LogP contribution in [0.2, 0.25) is 5.02 Å². The molecule has 0 unspecified atom stereocenters. The molecule has 0 saturated carbocycles. The van der Waals surface area contributed by atoms with E-state index in [0.717, 1.165) is 38.6 Å². The average Bonchev–Trinajstić information content (AvgIpc) is 3.52. The molecule has 1 amide bonds. The zero-order chi connectivity index (χ0) is 28.1. The van der Waals surface area contributed by atoms with Gasteiger partial charge in [-0.3, -0.25) is 4.79 Å². The van der Waals surface area contributed by atoms with Gasteiger partial charge in [0.1, 0.15) is 5.75 Å². The smallest absolute Gasteiger partial charge is 0.300 e. The normalized spacial score (nSPS) is 11.4. The van der Waals surface area contributed by atoms with Crippen LogP contribution in [0.1, 0.15) is 15.9 Å². The van der Waals surface area contributed by atoms with Gasteiger partial charge in [-0.25, -0.2) is 0 Å². The van der Waals surface area contributed by atoms with Gasteiger partial charge in [0.2, 0.25) is 0 Å². The highest BCUT2D eigenvalue weighted by molar-refractivity contribution is 6.34. The maximum Gasteiger partial charge on any atom is 0.300 e. The number of amides is 1. The molecule has 0 bridgehead atoms. The molecule has 0 atom stereocenters. The van der Waals surface area contributed by atoms with Gasteiger partial charge >= 0.3 is 0 Å². The Balaban J connectivity index is 1.26. The van der Waals surface area contributed by atoms with Crippen molar-refractivity contribution >= 4 is 39.4 Å². The van der Waals surface area contributed by atoms with Crippen LogP contribution in [0.15, 0.2) is 60.8 Å². The van der Waals surface area contributed by atoms with Crippen molar-refractivity contribution < 1.29 is 19.0 Å². The highest BCUT2D eigenvalue weighted by Gasteiger charge is 2.14. The number of ether oxygens (including phenoxy) is 3. The number of aromatic nitrogens is 3. The molecular weight excluding hydrogens is 530 g/mol. The molecule has 3 aromatic carbocycles. The molecule has 9 nitrogen and oxygen atoms in total. The minimum Gasteiger partial charge on any atom is -0.426 e. The van der Waals surface area contributed by atoms with Gasteiger partial charge in [-0.2, -0.15) is 4.98 Å². The maximum absolute atomic E-state index is 12.8. The Hall–Kier alpha value is -3.89. The number of benzene rings is 3. The van der Waals surface area contributed by atoms with Crippen LogP contribution in [-0.4, -0.2) is 60.0 Å². The number of H-pyrrole nitrogens is 1. The highest BCUT2D eigenvalue weighted by Crippen LogP contribution is 2.34. The first-order valence-electron chi connectivity index (χ1n) is 13.1. The van der Waals surface area contributed by atoms with Crippen molar-refractivity contribution in [3.05, 3.63) is 76.9 Å². The number of imidazole rings is 1. The first-order valence-corrected chi connectivity index (χ1v) is 13.5. The lowest BCUT2D eigenvalue weighted by atomic mass is 10.0. The number of nitrogens with one attached hydrogen (secondary N) is 2. The van der Waals surface area contributed by atoms with Gasteiger partial charge in [0, 0.05) is 48.4 Å². The Morgan fingerprint density at radius 3 is 2.70 bits per heavy atom. The maximum atomic E-state index is 12.8. The highest BCUT2D eigenvalue weighted by atomic mass is 35.5. The second-order valence-electron chi connectivity index (χ2n) is 9.44. The summed E-state index contributed by atoms with van der Waals surface area (Å²) in [6.45, 7) is 4.55. The molecule has 2 aromatic heterocycles. The summed E-state index contributed by atoms with van der Waals surface area (Å²) in [7, 11) is 2.02. The van der Waals surface area contributed by atoms with Gasteiger partial charge in [0.05, 0.1) is 42.5 Å². The van der Waals surface area contributed by atoms with Crippen molar-refractivity contribution in [3.8, 4) is 22.9 Å². The fraction of sp³-hybridized carbons (Fsp3) is 0.267. The summed E-state index contributed by atoms with van der Waals surface area (Å²) >= 11 is 6.67. The molecule has 0 saturated heterocycles. The van der Waals surface area contributed by atoms with Crippen molar-refractivity contribution in [1.82, 2.24) is 19.9 Å². The van der Waals surface area contributed by atoms with Crippen LogP contribution in [0.5, 0.6) is 11.8 Å². The lowest BCUT2D eigenvalue weighted by Crippen LogP contribution is -2.28. The summed E-state index contributed by atoms with van der Waals surface area (Å²) in [6.07, 6.45) is 2.04. The third-order valence-corrected chi connectivity index (χ3v) is 6.89. The Bertz CT molecular complexity index is 1640. The van der Waals surface area contributed by atoms with E-state index < -0.39 is 0 Å². The van der Waals surface area contributed by atoms with Crippen LogP contribution in [0.4, 0.5) is 0 Å². The van der Waals surface area contributed by atoms with Crippen LogP contribution in [-0.2, 0) is 16.5 Å². The van der Waals surface area contributed by atoms with E-state index in [9.17, 15) is 4.79 Å². The molecule has 5 rings (SSSR count). The summed E-state index contributed by atoms with van der Waals surface area (Å²) in [6, 6.07) is 17.8. The van der Waals surface area contributed by atoms with Gasteiger partial charge in [-0.05, 0) is 60.5 Å². The minimum atomic E-state index is -0.206. The molecule has 10 heteroatoms. The van der Waals surface area contributed by atoms with Crippen molar-refractivity contribution in [2.45, 2.75) is 6.92 Å². The Morgan fingerprint density at radius 1 is 1.05 bits per heavy atom.